The van der Waals surface area contributed by atoms with Crippen LogP contribution in [0.2, 0.25) is 0 Å². The Bertz CT molecular complexity index is 1510. The lowest BCUT2D eigenvalue weighted by molar-refractivity contribution is -0.122. The van der Waals surface area contributed by atoms with Gasteiger partial charge in [0.15, 0.2) is 0 Å². The Kier molecular flexibility index (Phi) is 5.48. The van der Waals surface area contributed by atoms with Crippen LogP contribution in [0.4, 0.5) is 4.79 Å². The van der Waals surface area contributed by atoms with Crippen molar-refractivity contribution in [3.8, 4) is 0 Å². The van der Waals surface area contributed by atoms with Crippen molar-refractivity contribution in [2.45, 2.75) is 0 Å². The highest BCUT2D eigenvalue weighted by atomic mass is 32.2. The van der Waals surface area contributed by atoms with Gasteiger partial charge in [-0.2, -0.15) is 0 Å². The predicted octanol–water partition coefficient (Wildman–Crippen LogP) is 2.77. The van der Waals surface area contributed by atoms with Gasteiger partial charge in [0.1, 0.15) is 10.5 Å². The third-order valence-corrected chi connectivity index (χ3v) is 6.85. The van der Waals surface area contributed by atoms with Crippen molar-refractivity contribution >= 4 is 62.1 Å². The zero-order chi connectivity index (χ0) is 22.9. The molecule has 1 fully saturated rings. The SMILES string of the molecule is O=C(NCCN1C(=O)SC(=Cc2cccnc2)C1=O)c1cc2c(=O)n3ccccc3nc2s1. The first-order valence-electron chi connectivity index (χ1n) is 9.86. The molecule has 164 valence electrons. The molecule has 5 heterocycles. The fourth-order valence-corrected chi connectivity index (χ4v) is 5.14. The topological polar surface area (TPSA) is 114 Å². The van der Waals surface area contributed by atoms with E-state index in [1.807, 2.05) is 0 Å². The maximum Gasteiger partial charge on any atom is 0.293 e. The number of imide groups is 1. The van der Waals surface area contributed by atoms with Crippen LogP contribution in [0.25, 0.3) is 21.9 Å². The summed E-state index contributed by atoms with van der Waals surface area (Å²) in [5, 5.41) is 2.67. The highest BCUT2D eigenvalue weighted by Crippen LogP contribution is 2.31. The van der Waals surface area contributed by atoms with Crippen molar-refractivity contribution in [2.75, 3.05) is 13.1 Å². The van der Waals surface area contributed by atoms with Gasteiger partial charge in [-0.15, -0.1) is 11.3 Å². The van der Waals surface area contributed by atoms with Crippen LogP contribution in [-0.4, -0.2) is 49.4 Å². The average Bonchev–Trinajstić information content (AvgIpc) is 3.36. The van der Waals surface area contributed by atoms with E-state index in [4.69, 9.17) is 0 Å². The number of fused-ring (bicyclic) bond motifs is 2. The van der Waals surface area contributed by atoms with Gasteiger partial charge in [0.25, 0.3) is 22.6 Å². The Morgan fingerprint density at radius 3 is 2.85 bits per heavy atom. The molecule has 1 aliphatic heterocycles. The van der Waals surface area contributed by atoms with E-state index in [9.17, 15) is 19.2 Å². The molecule has 9 nitrogen and oxygen atoms in total. The van der Waals surface area contributed by atoms with Gasteiger partial charge in [-0.1, -0.05) is 12.1 Å². The molecule has 11 heteroatoms. The van der Waals surface area contributed by atoms with Gasteiger partial charge < -0.3 is 5.32 Å². The van der Waals surface area contributed by atoms with Crippen LogP contribution in [0, 0.1) is 0 Å². The number of hydrogen-bond donors (Lipinski definition) is 1. The van der Waals surface area contributed by atoms with E-state index in [1.165, 1.54) is 10.5 Å². The second-order valence-electron chi connectivity index (χ2n) is 7.05. The van der Waals surface area contributed by atoms with Crippen LogP contribution < -0.4 is 10.9 Å². The summed E-state index contributed by atoms with van der Waals surface area (Å²) < 4.78 is 1.43. The molecule has 0 spiro atoms. The molecule has 0 radical (unpaired) electrons. The lowest BCUT2D eigenvalue weighted by Crippen LogP contribution is -2.37. The predicted molar refractivity (Wildman–Crippen MR) is 126 cm³/mol. The first kappa shape index (κ1) is 21.0. The van der Waals surface area contributed by atoms with Gasteiger partial charge in [0.2, 0.25) is 0 Å². The molecular weight excluding hydrogens is 462 g/mol. The molecule has 3 amide bonds. The molecule has 0 atom stereocenters. The van der Waals surface area contributed by atoms with Crippen LogP contribution in [0.3, 0.4) is 0 Å². The summed E-state index contributed by atoms with van der Waals surface area (Å²) in [5.41, 5.74) is 0.977. The fourth-order valence-electron chi connectivity index (χ4n) is 3.33. The van der Waals surface area contributed by atoms with Crippen molar-refractivity contribution < 1.29 is 14.4 Å². The highest BCUT2D eigenvalue weighted by molar-refractivity contribution is 8.18. The minimum Gasteiger partial charge on any atom is -0.350 e. The second kappa shape index (κ2) is 8.60. The molecule has 0 bridgehead atoms. The van der Waals surface area contributed by atoms with E-state index < -0.39 is 17.1 Å². The molecule has 1 N–H and O–H groups in total. The molecule has 0 aromatic carbocycles. The molecule has 0 unspecified atom stereocenters. The van der Waals surface area contributed by atoms with Crippen LogP contribution in [0.5, 0.6) is 0 Å². The lowest BCUT2D eigenvalue weighted by atomic mass is 10.2. The summed E-state index contributed by atoms with van der Waals surface area (Å²) in [5.74, 6) is -0.807. The maximum absolute atomic E-state index is 12.7. The molecule has 33 heavy (non-hydrogen) atoms. The standard InChI is InChI=1S/C22H15N5O4S2/c28-18(15-11-14-19(32-15)25-17-5-1-2-8-26(17)20(14)29)24-7-9-27-21(30)16(33-22(27)31)10-13-4-3-6-23-12-13/h1-6,8,10-12H,7,9H2,(H,24,28). The molecular formula is C22H15N5O4S2. The van der Waals surface area contributed by atoms with Crippen molar-refractivity contribution in [3.05, 3.63) is 80.7 Å². The van der Waals surface area contributed by atoms with Crippen molar-refractivity contribution in [3.63, 3.8) is 0 Å². The highest BCUT2D eigenvalue weighted by Gasteiger charge is 2.34. The van der Waals surface area contributed by atoms with E-state index in [0.717, 1.165) is 33.6 Å². The number of thioether (sulfide) groups is 1. The third kappa shape index (κ3) is 4.03. The number of nitrogens with one attached hydrogen (secondary N) is 1. The fraction of sp³-hybridized carbons (Fsp3) is 0.0909. The molecule has 1 saturated heterocycles. The second-order valence-corrected chi connectivity index (χ2v) is 9.07. The summed E-state index contributed by atoms with van der Waals surface area (Å²) in [7, 11) is 0. The van der Waals surface area contributed by atoms with Gasteiger partial charge in [-0.25, -0.2) is 4.98 Å². The molecule has 0 saturated carbocycles. The Morgan fingerprint density at radius 2 is 2.03 bits per heavy atom. The van der Waals surface area contributed by atoms with Crippen LogP contribution in [0.15, 0.2) is 64.7 Å². The van der Waals surface area contributed by atoms with E-state index in [0.29, 0.717) is 25.6 Å². The Labute approximate surface area is 194 Å². The minimum atomic E-state index is -0.408. The summed E-state index contributed by atoms with van der Waals surface area (Å²) in [6, 6.07) is 10.3. The molecule has 5 rings (SSSR count). The monoisotopic (exact) mass is 477 g/mol. The zero-order valence-corrected chi connectivity index (χ0v) is 18.6. The van der Waals surface area contributed by atoms with E-state index in [1.54, 1.807) is 55.0 Å². The summed E-state index contributed by atoms with van der Waals surface area (Å²) >= 11 is 1.97. The first-order valence-corrected chi connectivity index (χ1v) is 11.5. The first-order chi connectivity index (χ1) is 16.0. The van der Waals surface area contributed by atoms with Gasteiger partial charge in [0.05, 0.1) is 15.2 Å². The van der Waals surface area contributed by atoms with Crippen molar-refractivity contribution in [1.82, 2.24) is 24.6 Å². The Balaban J connectivity index is 1.26. The van der Waals surface area contributed by atoms with Gasteiger partial charge in [0, 0.05) is 31.7 Å². The van der Waals surface area contributed by atoms with Crippen LogP contribution in [0.1, 0.15) is 15.2 Å². The third-order valence-electron chi connectivity index (χ3n) is 4.92. The van der Waals surface area contributed by atoms with Gasteiger partial charge >= 0.3 is 0 Å². The minimum absolute atomic E-state index is 0.0382. The van der Waals surface area contributed by atoms with Gasteiger partial charge in [-0.3, -0.25) is 33.5 Å². The zero-order valence-electron chi connectivity index (χ0n) is 16.9. The van der Waals surface area contributed by atoms with Gasteiger partial charge in [-0.05, 0) is 47.7 Å². The van der Waals surface area contributed by atoms with Crippen molar-refractivity contribution in [2.24, 2.45) is 0 Å². The van der Waals surface area contributed by atoms with E-state index >= 15 is 0 Å². The number of thiophene rings is 1. The molecule has 1 aliphatic rings. The number of nitrogens with zero attached hydrogens (tertiary/aromatic N) is 4. The number of pyridine rings is 2. The lowest BCUT2D eigenvalue weighted by Gasteiger charge is -2.12. The number of aromatic nitrogens is 3. The Morgan fingerprint density at radius 1 is 1.15 bits per heavy atom. The number of amides is 3. The average molecular weight is 478 g/mol. The summed E-state index contributed by atoms with van der Waals surface area (Å²) in [4.78, 5) is 60.7. The number of rotatable bonds is 5. The molecule has 0 aliphatic carbocycles. The summed E-state index contributed by atoms with van der Waals surface area (Å²) in [6.07, 6.45) is 6.46. The van der Waals surface area contributed by atoms with E-state index in [-0.39, 0.29) is 18.6 Å². The maximum atomic E-state index is 12.7. The smallest absolute Gasteiger partial charge is 0.293 e. The molecule has 4 aromatic rings. The quantitative estimate of drug-likeness (QED) is 0.440. The molecule has 4 aromatic heterocycles. The number of carbonyl (C=O) groups excluding carboxylic acids is 3. The normalized spacial score (nSPS) is 15.2. The number of hydrogen-bond acceptors (Lipinski definition) is 8. The van der Waals surface area contributed by atoms with Crippen LogP contribution in [-0.2, 0) is 4.79 Å². The largest absolute Gasteiger partial charge is 0.350 e. The van der Waals surface area contributed by atoms with E-state index in [2.05, 4.69) is 15.3 Å². The summed E-state index contributed by atoms with van der Waals surface area (Å²) in [6.45, 7) is 0.121. The van der Waals surface area contributed by atoms with Crippen molar-refractivity contribution in [1.29, 1.82) is 0 Å². The number of carbonyl (C=O) groups is 3. The Hall–Kier alpha value is -3.83. The van der Waals surface area contributed by atoms with Crippen LogP contribution >= 0.6 is 23.1 Å².